The van der Waals surface area contributed by atoms with Gasteiger partial charge in [0.05, 0.1) is 9.64 Å². The molecule has 14 heavy (non-hydrogen) atoms. The molecule has 1 aromatic rings. The van der Waals surface area contributed by atoms with E-state index in [1.807, 2.05) is 6.07 Å². The van der Waals surface area contributed by atoms with Crippen LogP contribution in [-0.2, 0) is 9.84 Å². The fourth-order valence-electron chi connectivity index (χ4n) is 0.988. The van der Waals surface area contributed by atoms with Crippen molar-refractivity contribution in [1.82, 2.24) is 0 Å². The highest BCUT2D eigenvalue weighted by Crippen LogP contribution is 2.26. The second-order valence-electron chi connectivity index (χ2n) is 4.07. The summed E-state index contributed by atoms with van der Waals surface area (Å²) in [6.45, 7) is 5.09. The van der Waals surface area contributed by atoms with Gasteiger partial charge >= 0.3 is 0 Å². The number of benzene rings is 1. The first-order valence-corrected chi connectivity index (χ1v) is 6.53. The molecule has 0 radical (unpaired) electrons. The van der Waals surface area contributed by atoms with Crippen LogP contribution >= 0.6 is 15.9 Å². The highest BCUT2D eigenvalue weighted by molar-refractivity contribution is 9.10. The Morgan fingerprint density at radius 2 is 1.79 bits per heavy atom. The third-order valence-electron chi connectivity index (χ3n) is 1.91. The lowest BCUT2D eigenvalue weighted by Crippen LogP contribution is -2.27. The van der Waals surface area contributed by atoms with E-state index in [0.717, 1.165) is 4.47 Å². The average Bonchev–Trinajstić information content (AvgIpc) is 2.02. The van der Waals surface area contributed by atoms with Crippen molar-refractivity contribution in [3.8, 4) is 0 Å². The molecule has 78 valence electrons. The van der Waals surface area contributed by atoms with Gasteiger partial charge in [0.15, 0.2) is 9.84 Å². The number of hydrogen-bond acceptors (Lipinski definition) is 2. The van der Waals surface area contributed by atoms with Gasteiger partial charge in [-0.25, -0.2) is 8.42 Å². The Labute approximate surface area is 93.4 Å². The van der Waals surface area contributed by atoms with Crippen LogP contribution in [0.5, 0.6) is 0 Å². The standard InChI is InChI=1S/C10H13BrO2S/c1-10(2,3)14(12,13)9-6-4-5-8(11)7-9/h4-7H,1-3H3. The Bertz CT molecular complexity index is 430. The number of hydrogen-bond donors (Lipinski definition) is 0. The molecule has 0 aliphatic rings. The molecule has 0 amide bonds. The predicted octanol–water partition coefficient (Wildman–Crippen LogP) is 3.02. The molecule has 2 nitrogen and oxygen atoms in total. The molecule has 0 heterocycles. The van der Waals surface area contributed by atoms with Gasteiger partial charge in [0.2, 0.25) is 0 Å². The van der Waals surface area contributed by atoms with Gasteiger partial charge in [0, 0.05) is 4.47 Å². The van der Waals surface area contributed by atoms with Gasteiger partial charge in [0.1, 0.15) is 0 Å². The molecule has 0 spiro atoms. The normalized spacial score (nSPS) is 12.9. The van der Waals surface area contributed by atoms with Gasteiger partial charge in [-0.05, 0) is 39.0 Å². The van der Waals surface area contributed by atoms with Crippen LogP contribution in [0.2, 0.25) is 0 Å². The lowest BCUT2D eigenvalue weighted by molar-refractivity contribution is 0.560. The zero-order valence-corrected chi connectivity index (χ0v) is 10.8. The maximum absolute atomic E-state index is 12.0. The zero-order valence-electron chi connectivity index (χ0n) is 8.41. The van der Waals surface area contributed by atoms with Crippen LogP contribution < -0.4 is 0 Å². The van der Waals surface area contributed by atoms with Gasteiger partial charge in [0.25, 0.3) is 0 Å². The van der Waals surface area contributed by atoms with E-state index in [2.05, 4.69) is 15.9 Å². The van der Waals surface area contributed by atoms with Crippen molar-refractivity contribution in [1.29, 1.82) is 0 Å². The molecule has 0 N–H and O–H groups in total. The van der Waals surface area contributed by atoms with Crippen LogP contribution in [0.15, 0.2) is 33.6 Å². The summed E-state index contributed by atoms with van der Waals surface area (Å²) in [6.07, 6.45) is 0. The summed E-state index contributed by atoms with van der Waals surface area (Å²) in [7, 11) is -3.23. The van der Waals surface area contributed by atoms with Crippen LogP contribution in [0.4, 0.5) is 0 Å². The van der Waals surface area contributed by atoms with E-state index in [0.29, 0.717) is 4.90 Å². The maximum atomic E-state index is 12.0. The number of sulfone groups is 1. The van der Waals surface area contributed by atoms with Crippen molar-refractivity contribution >= 4 is 25.8 Å². The van der Waals surface area contributed by atoms with E-state index in [1.54, 1.807) is 39.0 Å². The van der Waals surface area contributed by atoms with Gasteiger partial charge in [-0.3, -0.25) is 0 Å². The Morgan fingerprint density at radius 3 is 2.21 bits per heavy atom. The maximum Gasteiger partial charge on any atom is 0.183 e. The first kappa shape index (κ1) is 11.7. The second-order valence-corrected chi connectivity index (χ2v) is 7.69. The van der Waals surface area contributed by atoms with Crippen molar-refractivity contribution in [2.24, 2.45) is 0 Å². The number of halogens is 1. The summed E-state index contributed by atoms with van der Waals surface area (Å²) >= 11 is 3.26. The average molecular weight is 277 g/mol. The Balaban J connectivity index is 3.32. The SMILES string of the molecule is CC(C)(C)S(=O)(=O)c1cccc(Br)c1. The third kappa shape index (κ3) is 2.17. The number of rotatable bonds is 1. The van der Waals surface area contributed by atoms with E-state index < -0.39 is 14.6 Å². The first-order chi connectivity index (χ1) is 6.25. The highest BCUT2D eigenvalue weighted by Gasteiger charge is 2.30. The minimum absolute atomic E-state index is 0.361. The van der Waals surface area contributed by atoms with E-state index in [1.165, 1.54) is 0 Å². The van der Waals surface area contributed by atoms with E-state index in [9.17, 15) is 8.42 Å². The molecule has 0 saturated heterocycles. The molecule has 0 aliphatic carbocycles. The van der Waals surface area contributed by atoms with Crippen molar-refractivity contribution < 1.29 is 8.42 Å². The van der Waals surface area contributed by atoms with Gasteiger partial charge in [-0.1, -0.05) is 22.0 Å². The lowest BCUT2D eigenvalue weighted by atomic mass is 10.3. The molecule has 0 aromatic heterocycles. The minimum Gasteiger partial charge on any atom is -0.223 e. The van der Waals surface area contributed by atoms with Crippen LogP contribution in [0, 0.1) is 0 Å². The summed E-state index contributed by atoms with van der Waals surface area (Å²) in [5, 5.41) is 0. The van der Waals surface area contributed by atoms with Crippen LogP contribution in [0.3, 0.4) is 0 Å². The molecule has 4 heteroatoms. The molecule has 0 atom stereocenters. The van der Waals surface area contributed by atoms with Crippen LogP contribution in [0.25, 0.3) is 0 Å². The van der Waals surface area contributed by atoms with E-state index >= 15 is 0 Å². The zero-order chi connectivity index (χ0) is 11.0. The molecule has 0 saturated carbocycles. The Hall–Kier alpha value is -0.350. The molecular weight excluding hydrogens is 264 g/mol. The fraction of sp³-hybridized carbons (Fsp3) is 0.400. The monoisotopic (exact) mass is 276 g/mol. The third-order valence-corrected chi connectivity index (χ3v) is 4.89. The van der Waals surface area contributed by atoms with Crippen molar-refractivity contribution in [3.05, 3.63) is 28.7 Å². The molecule has 0 aliphatic heterocycles. The van der Waals surface area contributed by atoms with Gasteiger partial charge in [-0.2, -0.15) is 0 Å². The molecule has 0 unspecified atom stereocenters. The minimum atomic E-state index is -3.23. The quantitative estimate of drug-likeness (QED) is 0.790. The summed E-state index contributed by atoms with van der Waals surface area (Å²) < 4.78 is 24.0. The Kier molecular flexibility index (Phi) is 3.07. The first-order valence-electron chi connectivity index (χ1n) is 4.25. The van der Waals surface area contributed by atoms with Crippen LogP contribution in [0.1, 0.15) is 20.8 Å². The highest BCUT2D eigenvalue weighted by atomic mass is 79.9. The Morgan fingerprint density at radius 1 is 1.21 bits per heavy atom. The fourth-order valence-corrected chi connectivity index (χ4v) is 2.79. The molecule has 1 aromatic carbocycles. The summed E-state index contributed by atoms with van der Waals surface area (Å²) in [5.74, 6) is 0. The van der Waals surface area contributed by atoms with Gasteiger partial charge < -0.3 is 0 Å². The summed E-state index contributed by atoms with van der Waals surface area (Å²) in [4.78, 5) is 0.361. The predicted molar refractivity (Wildman–Crippen MR) is 61.1 cm³/mol. The smallest absolute Gasteiger partial charge is 0.183 e. The van der Waals surface area contributed by atoms with Gasteiger partial charge in [-0.15, -0.1) is 0 Å². The largest absolute Gasteiger partial charge is 0.223 e. The van der Waals surface area contributed by atoms with Crippen molar-refractivity contribution in [3.63, 3.8) is 0 Å². The second kappa shape index (κ2) is 3.66. The van der Waals surface area contributed by atoms with E-state index in [-0.39, 0.29) is 0 Å². The topological polar surface area (TPSA) is 34.1 Å². The van der Waals surface area contributed by atoms with Crippen molar-refractivity contribution in [2.75, 3.05) is 0 Å². The molecular formula is C10H13BrO2S. The van der Waals surface area contributed by atoms with E-state index in [4.69, 9.17) is 0 Å². The summed E-state index contributed by atoms with van der Waals surface area (Å²) in [6, 6.07) is 6.77. The molecule has 1 rings (SSSR count). The summed E-state index contributed by atoms with van der Waals surface area (Å²) in [5.41, 5.74) is 0. The molecule has 0 fully saturated rings. The molecule has 0 bridgehead atoms. The van der Waals surface area contributed by atoms with Crippen LogP contribution in [-0.4, -0.2) is 13.2 Å². The van der Waals surface area contributed by atoms with Crippen molar-refractivity contribution in [2.45, 2.75) is 30.4 Å². The lowest BCUT2D eigenvalue weighted by Gasteiger charge is -2.19.